The van der Waals surface area contributed by atoms with Crippen molar-refractivity contribution in [1.82, 2.24) is 10.2 Å². The van der Waals surface area contributed by atoms with E-state index in [2.05, 4.69) is 5.32 Å². The molecule has 0 aliphatic carbocycles. The van der Waals surface area contributed by atoms with Crippen LogP contribution in [0.25, 0.3) is 0 Å². The molecule has 2 aromatic rings. The van der Waals surface area contributed by atoms with E-state index in [1.165, 1.54) is 29.2 Å². The van der Waals surface area contributed by atoms with E-state index in [0.29, 0.717) is 24.9 Å². The van der Waals surface area contributed by atoms with Gasteiger partial charge in [0.25, 0.3) is 11.5 Å². The molecule has 2 amide bonds. The zero-order chi connectivity index (χ0) is 26.3. The van der Waals surface area contributed by atoms with E-state index in [4.69, 9.17) is 4.74 Å². The number of hydrogen-bond donors (Lipinski definition) is 1. The van der Waals surface area contributed by atoms with Crippen LogP contribution in [-0.2, 0) is 19.9 Å². The Morgan fingerprint density at radius 3 is 2.25 bits per heavy atom. The molecule has 0 aromatic heterocycles. The largest absolute Gasteiger partial charge is 0.430 e. The van der Waals surface area contributed by atoms with Gasteiger partial charge in [0.1, 0.15) is 5.82 Å². The van der Waals surface area contributed by atoms with Gasteiger partial charge in [-0.3, -0.25) is 9.59 Å². The molecular formula is C27H30F4N2O3. The van der Waals surface area contributed by atoms with Crippen molar-refractivity contribution >= 4 is 11.8 Å². The third kappa shape index (κ3) is 4.38. The molecule has 194 valence electrons. The van der Waals surface area contributed by atoms with Gasteiger partial charge in [0.05, 0.1) is 0 Å². The van der Waals surface area contributed by atoms with Crippen molar-refractivity contribution in [2.45, 2.75) is 50.8 Å². The van der Waals surface area contributed by atoms with Gasteiger partial charge >= 0.3 is 6.18 Å². The highest BCUT2D eigenvalue weighted by Gasteiger charge is 2.64. The maximum atomic E-state index is 14.6. The molecule has 1 spiro atoms. The zero-order valence-corrected chi connectivity index (χ0v) is 20.5. The van der Waals surface area contributed by atoms with E-state index in [1.807, 2.05) is 0 Å². The Bertz CT molecular complexity index is 1140. The molecule has 2 fully saturated rings. The molecule has 5 nitrogen and oxygen atoms in total. The van der Waals surface area contributed by atoms with Crippen LogP contribution in [0.15, 0.2) is 42.5 Å². The lowest BCUT2D eigenvalue weighted by Gasteiger charge is -2.50. The van der Waals surface area contributed by atoms with Gasteiger partial charge in [0.15, 0.2) is 0 Å². The molecule has 0 saturated carbocycles. The molecule has 0 bridgehead atoms. The van der Waals surface area contributed by atoms with Gasteiger partial charge in [-0.1, -0.05) is 30.3 Å². The second-order valence-electron chi connectivity index (χ2n) is 9.92. The van der Waals surface area contributed by atoms with Crippen molar-refractivity contribution in [2.75, 3.05) is 26.7 Å². The summed E-state index contributed by atoms with van der Waals surface area (Å²) in [5, 5.41) is 2.85. The molecule has 2 atom stereocenters. The lowest BCUT2D eigenvalue weighted by molar-refractivity contribution is -0.271. The fourth-order valence-electron chi connectivity index (χ4n) is 5.70. The van der Waals surface area contributed by atoms with Gasteiger partial charge in [-0.05, 0) is 60.9 Å². The van der Waals surface area contributed by atoms with Crippen LogP contribution >= 0.6 is 0 Å². The summed E-state index contributed by atoms with van der Waals surface area (Å²) in [5.41, 5.74) is -1.64. The SMILES string of the molecule is CO[C@@](C(=O)N1CCC2(CC1)CC(=O)NC[C@@H]2c1ccc(F)cc1)(c1ccc(C)c(C)c1)C(F)(F)F. The summed E-state index contributed by atoms with van der Waals surface area (Å²) in [6, 6.07) is 10.3. The summed E-state index contributed by atoms with van der Waals surface area (Å²) >= 11 is 0. The summed E-state index contributed by atoms with van der Waals surface area (Å²) in [5.74, 6) is -1.80. The van der Waals surface area contributed by atoms with E-state index in [0.717, 1.165) is 18.2 Å². The third-order valence-corrected chi connectivity index (χ3v) is 7.99. The first-order valence-corrected chi connectivity index (χ1v) is 11.9. The van der Waals surface area contributed by atoms with Crippen molar-refractivity contribution in [3.05, 3.63) is 70.5 Å². The monoisotopic (exact) mass is 506 g/mol. The smallest absolute Gasteiger partial charge is 0.356 e. The Balaban J connectivity index is 1.64. The highest BCUT2D eigenvalue weighted by Crippen LogP contribution is 2.50. The number of benzene rings is 2. The maximum absolute atomic E-state index is 14.6. The number of methoxy groups -OCH3 is 1. The van der Waals surface area contributed by atoms with Gasteiger partial charge in [0.2, 0.25) is 5.91 Å². The number of hydrogen-bond acceptors (Lipinski definition) is 3. The second kappa shape index (κ2) is 9.50. The van der Waals surface area contributed by atoms with E-state index in [1.54, 1.807) is 32.0 Å². The predicted molar refractivity (Wildman–Crippen MR) is 126 cm³/mol. The quantitative estimate of drug-likeness (QED) is 0.609. The van der Waals surface area contributed by atoms with Crippen LogP contribution in [0, 0.1) is 25.1 Å². The van der Waals surface area contributed by atoms with Gasteiger partial charge < -0.3 is 15.0 Å². The van der Waals surface area contributed by atoms with E-state index >= 15 is 0 Å². The number of nitrogens with one attached hydrogen (secondary N) is 1. The van der Waals surface area contributed by atoms with E-state index in [-0.39, 0.29) is 42.7 Å². The average Bonchev–Trinajstić information content (AvgIpc) is 2.82. The number of rotatable bonds is 4. The molecule has 2 aliphatic rings. The number of halogens is 4. The number of ether oxygens (including phenoxy) is 1. The molecule has 2 aromatic carbocycles. The molecule has 36 heavy (non-hydrogen) atoms. The fraction of sp³-hybridized carbons (Fsp3) is 0.481. The van der Waals surface area contributed by atoms with Gasteiger partial charge in [-0.15, -0.1) is 0 Å². The number of aryl methyl sites for hydroxylation is 2. The second-order valence-corrected chi connectivity index (χ2v) is 9.92. The molecule has 2 heterocycles. The van der Waals surface area contributed by atoms with Crippen LogP contribution in [-0.4, -0.2) is 49.6 Å². The molecule has 0 radical (unpaired) electrons. The number of likely N-dealkylation sites (tertiary alicyclic amines) is 1. The molecule has 1 N–H and O–H groups in total. The minimum absolute atomic E-state index is 0.0514. The lowest BCUT2D eigenvalue weighted by Crippen LogP contribution is -2.60. The molecule has 2 saturated heterocycles. The van der Waals surface area contributed by atoms with Gasteiger partial charge in [-0.2, -0.15) is 13.2 Å². The highest BCUT2D eigenvalue weighted by molar-refractivity contribution is 5.88. The first kappa shape index (κ1) is 26.1. The Kier molecular flexibility index (Phi) is 6.90. The molecule has 2 aliphatic heterocycles. The normalized spacial score (nSPS) is 21.7. The topological polar surface area (TPSA) is 58.6 Å². The molecular weight excluding hydrogens is 476 g/mol. The Morgan fingerprint density at radius 2 is 1.69 bits per heavy atom. The van der Waals surface area contributed by atoms with E-state index in [9.17, 15) is 27.2 Å². The Morgan fingerprint density at radius 1 is 1.06 bits per heavy atom. The number of piperidine rings is 2. The summed E-state index contributed by atoms with van der Waals surface area (Å²) in [6.45, 7) is 3.93. The van der Waals surface area contributed by atoms with E-state index < -0.39 is 23.1 Å². The predicted octanol–water partition coefficient (Wildman–Crippen LogP) is 4.76. The number of alkyl halides is 3. The van der Waals surface area contributed by atoms with Crippen molar-refractivity contribution in [3.63, 3.8) is 0 Å². The molecule has 9 heteroatoms. The van der Waals surface area contributed by atoms with Crippen LogP contribution in [0.1, 0.15) is 47.4 Å². The highest BCUT2D eigenvalue weighted by atomic mass is 19.4. The van der Waals surface area contributed by atoms with Crippen LogP contribution in [0.3, 0.4) is 0 Å². The van der Waals surface area contributed by atoms with Crippen LogP contribution < -0.4 is 5.32 Å². The van der Waals surface area contributed by atoms with Crippen LogP contribution in [0.2, 0.25) is 0 Å². The molecule has 0 unspecified atom stereocenters. The fourth-order valence-corrected chi connectivity index (χ4v) is 5.70. The summed E-state index contributed by atoms with van der Waals surface area (Å²) < 4.78 is 62.2. The number of carbonyl (C=O) groups excluding carboxylic acids is 2. The summed E-state index contributed by atoms with van der Waals surface area (Å²) in [6.07, 6.45) is -4.10. The Hall–Kier alpha value is -2.94. The third-order valence-electron chi connectivity index (χ3n) is 7.99. The van der Waals surface area contributed by atoms with Crippen molar-refractivity contribution in [1.29, 1.82) is 0 Å². The first-order chi connectivity index (χ1) is 16.9. The van der Waals surface area contributed by atoms with Crippen molar-refractivity contribution in [2.24, 2.45) is 5.41 Å². The Labute approximate surface area is 207 Å². The lowest BCUT2D eigenvalue weighted by atomic mass is 9.62. The van der Waals surface area contributed by atoms with Crippen molar-refractivity contribution in [3.8, 4) is 0 Å². The standard InChI is InChI=1S/C27H30F4N2O3/c1-17-4-7-20(14-18(17)2)26(36-3,27(29,30)31)24(35)33-12-10-25(11-13-33)15-23(34)32-16-22(25)19-5-8-21(28)9-6-19/h4-9,14,22H,10-13,15-16H2,1-3H3,(H,32,34)/t22-,26-/m1/s1. The first-order valence-electron chi connectivity index (χ1n) is 11.9. The van der Waals surface area contributed by atoms with Gasteiger partial charge in [-0.25, -0.2) is 4.39 Å². The maximum Gasteiger partial charge on any atom is 0.430 e. The van der Waals surface area contributed by atoms with Gasteiger partial charge in [0, 0.05) is 44.6 Å². The summed E-state index contributed by atoms with van der Waals surface area (Å²) in [4.78, 5) is 27.1. The van der Waals surface area contributed by atoms with Crippen LogP contribution in [0.4, 0.5) is 17.6 Å². The zero-order valence-electron chi connectivity index (χ0n) is 20.5. The molecule has 4 rings (SSSR count). The van der Waals surface area contributed by atoms with Crippen molar-refractivity contribution < 1.29 is 31.9 Å². The minimum Gasteiger partial charge on any atom is -0.356 e. The minimum atomic E-state index is -4.99. The average molecular weight is 507 g/mol. The number of amides is 2. The summed E-state index contributed by atoms with van der Waals surface area (Å²) in [7, 11) is 0.905. The number of nitrogens with zero attached hydrogens (tertiary/aromatic N) is 1. The number of carbonyl (C=O) groups is 2. The van der Waals surface area contributed by atoms with Crippen LogP contribution in [0.5, 0.6) is 0 Å².